The molecule has 2 aromatic rings. The lowest BCUT2D eigenvalue weighted by Gasteiger charge is -2.29. The summed E-state index contributed by atoms with van der Waals surface area (Å²) in [4.78, 5) is 18.0. The third-order valence-electron chi connectivity index (χ3n) is 5.05. The smallest absolute Gasteiger partial charge is 0.238 e. The SMILES string of the molecule is CCN(CCCSc1ccccc1Cl)CC(=O)Nc1ccc(N2CCOCC2)cc1. The number of thioether (sulfide) groups is 1. The summed E-state index contributed by atoms with van der Waals surface area (Å²) in [5, 5.41) is 3.81. The van der Waals surface area contributed by atoms with Gasteiger partial charge >= 0.3 is 0 Å². The fourth-order valence-corrected chi connectivity index (χ4v) is 4.54. The van der Waals surface area contributed by atoms with Crippen LogP contribution in [0.1, 0.15) is 13.3 Å². The van der Waals surface area contributed by atoms with E-state index < -0.39 is 0 Å². The van der Waals surface area contributed by atoms with Crippen molar-refractivity contribution in [2.45, 2.75) is 18.2 Å². The first-order chi connectivity index (χ1) is 14.7. The monoisotopic (exact) mass is 447 g/mol. The van der Waals surface area contributed by atoms with Gasteiger partial charge in [0.05, 0.1) is 24.8 Å². The molecule has 1 amide bonds. The molecular formula is C23H30ClN3O2S. The standard InChI is InChI=1S/C23H30ClN3O2S/c1-2-26(12-5-17-30-22-7-4-3-6-21(22)24)18-23(28)25-19-8-10-20(11-9-19)27-13-15-29-16-14-27/h3-4,6-11H,2,5,12-18H2,1H3,(H,25,28). The van der Waals surface area contributed by atoms with Crippen molar-refractivity contribution in [1.82, 2.24) is 4.90 Å². The van der Waals surface area contributed by atoms with Crippen molar-refractivity contribution >= 4 is 40.6 Å². The van der Waals surface area contributed by atoms with Crippen molar-refractivity contribution in [3.05, 3.63) is 53.6 Å². The van der Waals surface area contributed by atoms with Crippen molar-refractivity contribution < 1.29 is 9.53 Å². The van der Waals surface area contributed by atoms with Gasteiger partial charge in [0.15, 0.2) is 0 Å². The van der Waals surface area contributed by atoms with Crippen LogP contribution in [0.25, 0.3) is 0 Å². The molecular weight excluding hydrogens is 418 g/mol. The van der Waals surface area contributed by atoms with E-state index in [4.69, 9.17) is 16.3 Å². The van der Waals surface area contributed by atoms with Crippen molar-refractivity contribution in [1.29, 1.82) is 0 Å². The van der Waals surface area contributed by atoms with Gasteiger partial charge in [0.1, 0.15) is 0 Å². The van der Waals surface area contributed by atoms with Crippen LogP contribution in [0.3, 0.4) is 0 Å². The summed E-state index contributed by atoms with van der Waals surface area (Å²) in [5.74, 6) is 1.000. The number of anilines is 2. The number of benzene rings is 2. The summed E-state index contributed by atoms with van der Waals surface area (Å²) in [6, 6.07) is 16.0. The summed E-state index contributed by atoms with van der Waals surface area (Å²) in [6.45, 7) is 7.57. The van der Waals surface area contributed by atoms with E-state index in [1.807, 2.05) is 36.4 Å². The fourth-order valence-electron chi connectivity index (χ4n) is 3.36. The zero-order chi connectivity index (χ0) is 21.2. The normalized spacial score (nSPS) is 14.2. The van der Waals surface area contributed by atoms with Gasteiger partial charge in [-0.1, -0.05) is 30.7 Å². The number of ether oxygens (including phenoxy) is 1. The second kappa shape index (κ2) is 12.2. The lowest BCUT2D eigenvalue weighted by atomic mass is 10.2. The van der Waals surface area contributed by atoms with E-state index in [0.717, 1.165) is 67.2 Å². The van der Waals surface area contributed by atoms with Gasteiger partial charge in [-0.15, -0.1) is 11.8 Å². The highest BCUT2D eigenvalue weighted by atomic mass is 35.5. The average molecular weight is 448 g/mol. The maximum absolute atomic E-state index is 12.5. The molecule has 0 saturated carbocycles. The molecule has 0 unspecified atom stereocenters. The Labute approximate surface area is 188 Å². The molecule has 1 heterocycles. The summed E-state index contributed by atoms with van der Waals surface area (Å²) < 4.78 is 5.40. The van der Waals surface area contributed by atoms with Crippen LogP contribution in [0.5, 0.6) is 0 Å². The summed E-state index contributed by atoms with van der Waals surface area (Å²) >= 11 is 7.96. The molecule has 1 aliphatic heterocycles. The van der Waals surface area contributed by atoms with Gasteiger partial charge in [-0.25, -0.2) is 0 Å². The Morgan fingerprint density at radius 3 is 2.60 bits per heavy atom. The number of halogens is 1. The van der Waals surface area contributed by atoms with Crippen molar-refractivity contribution in [2.75, 3.05) is 61.9 Å². The van der Waals surface area contributed by atoms with Gasteiger partial charge in [0.25, 0.3) is 0 Å². The van der Waals surface area contributed by atoms with E-state index in [1.165, 1.54) is 5.69 Å². The quantitative estimate of drug-likeness (QED) is 0.425. The molecule has 0 aliphatic carbocycles. The predicted molar refractivity (Wildman–Crippen MR) is 127 cm³/mol. The Morgan fingerprint density at radius 2 is 1.90 bits per heavy atom. The molecule has 1 saturated heterocycles. The molecule has 0 bridgehead atoms. The molecule has 2 aromatic carbocycles. The van der Waals surface area contributed by atoms with Crippen molar-refractivity contribution in [3.63, 3.8) is 0 Å². The van der Waals surface area contributed by atoms with Crippen molar-refractivity contribution in [2.24, 2.45) is 0 Å². The molecule has 7 heteroatoms. The minimum Gasteiger partial charge on any atom is -0.378 e. The minimum absolute atomic E-state index is 0.0229. The van der Waals surface area contributed by atoms with Crippen LogP contribution in [0.2, 0.25) is 5.02 Å². The van der Waals surface area contributed by atoms with Crippen molar-refractivity contribution in [3.8, 4) is 0 Å². The van der Waals surface area contributed by atoms with E-state index in [0.29, 0.717) is 6.54 Å². The molecule has 5 nitrogen and oxygen atoms in total. The number of hydrogen-bond acceptors (Lipinski definition) is 5. The van der Waals surface area contributed by atoms with Gasteiger partial charge < -0.3 is 15.0 Å². The van der Waals surface area contributed by atoms with Crippen LogP contribution in [0.15, 0.2) is 53.4 Å². The highest BCUT2D eigenvalue weighted by Gasteiger charge is 2.12. The van der Waals surface area contributed by atoms with Gasteiger partial charge in [-0.2, -0.15) is 0 Å². The topological polar surface area (TPSA) is 44.8 Å². The predicted octanol–water partition coefficient (Wildman–Crippen LogP) is 4.62. The Morgan fingerprint density at radius 1 is 1.17 bits per heavy atom. The number of likely N-dealkylation sites (N-methyl/N-ethyl adjacent to an activating group) is 1. The molecule has 0 atom stereocenters. The molecule has 1 aliphatic rings. The molecule has 0 spiro atoms. The van der Waals surface area contributed by atoms with Crippen LogP contribution < -0.4 is 10.2 Å². The first-order valence-electron chi connectivity index (χ1n) is 10.5. The third kappa shape index (κ3) is 7.20. The number of nitrogens with zero attached hydrogens (tertiary/aromatic N) is 2. The van der Waals surface area contributed by atoms with Gasteiger partial charge in [-0.3, -0.25) is 9.69 Å². The first kappa shape index (κ1) is 22.9. The number of nitrogens with one attached hydrogen (secondary N) is 1. The minimum atomic E-state index is 0.0229. The van der Waals surface area contributed by atoms with Gasteiger partial charge in [-0.05, 0) is 61.7 Å². The summed E-state index contributed by atoms with van der Waals surface area (Å²) in [6.07, 6.45) is 1.01. The molecule has 1 N–H and O–H groups in total. The fraction of sp³-hybridized carbons (Fsp3) is 0.435. The Bertz CT molecular complexity index is 797. The highest BCUT2D eigenvalue weighted by Crippen LogP contribution is 2.27. The van der Waals surface area contributed by atoms with Crippen LogP contribution in [-0.2, 0) is 9.53 Å². The molecule has 162 valence electrons. The largest absolute Gasteiger partial charge is 0.378 e. The lowest BCUT2D eigenvalue weighted by Crippen LogP contribution is -2.36. The third-order valence-corrected chi connectivity index (χ3v) is 6.66. The summed E-state index contributed by atoms with van der Waals surface area (Å²) in [5.41, 5.74) is 2.00. The van der Waals surface area contributed by atoms with E-state index in [-0.39, 0.29) is 5.91 Å². The van der Waals surface area contributed by atoms with Crippen LogP contribution in [0, 0.1) is 0 Å². The van der Waals surface area contributed by atoms with E-state index in [1.54, 1.807) is 11.8 Å². The number of carbonyl (C=O) groups is 1. The molecule has 30 heavy (non-hydrogen) atoms. The Balaban J connectivity index is 1.39. The zero-order valence-electron chi connectivity index (χ0n) is 17.5. The first-order valence-corrected chi connectivity index (χ1v) is 11.8. The summed E-state index contributed by atoms with van der Waals surface area (Å²) in [7, 11) is 0. The van der Waals surface area contributed by atoms with Gasteiger partial charge in [0.2, 0.25) is 5.91 Å². The number of hydrogen-bond donors (Lipinski definition) is 1. The number of carbonyl (C=O) groups excluding carboxylic acids is 1. The second-order valence-corrected chi connectivity index (χ2v) is 8.74. The molecule has 3 rings (SSSR count). The molecule has 0 aromatic heterocycles. The van der Waals surface area contributed by atoms with E-state index >= 15 is 0 Å². The molecule has 0 radical (unpaired) electrons. The van der Waals surface area contributed by atoms with Crippen LogP contribution in [0.4, 0.5) is 11.4 Å². The van der Waals surface area contributed by atoms with E-state index in [2.05, 4.69) is 34.2 Å². The van der Waals surface area contributed by atoms with Crippen LogP contribution >= 0.6 is 23.4 Å². The number of morpholine rings is 1. The second-order valence-electron chi connectivity index (χ2n) is 7.20. The number of amides is 1. The molecule has 1 fully saturated rings. The maximum atomic E-state index is 12.5. The lowest BCUT2D eigenvalue weighted by molar-refractivity contribution is -0.117. The van der Waals surface area contributed by atoms with Gasteiger partial charge in [0, 0.05) is 29.4 Å². The Hall–Kier alpha value is -1.73. The number of rotatable bonds is 10. The van der Waals surface area contributed by atoms with Crippen LogP contribution in [-0.4, -0.2) is 62.5 Å². The highest BCUT2D eigenvalue weighted by molar-refractivity contribution is 7.99. The Kier molecular flexibility index (Phi) is 9.33. The average Bonchev–Trinajstić information content (AvgIpc) is 2.78. The van der Waals surface area contributed by atoms with E-state index in [9.17, 15) is 4.79 Å². The zero-order valence-corrected chi connectivity index (χ0v) is 19.1. The maximum Gasteiger partial charge on any atom is 0.238 e.